The maximum atomic E-state index is 6.28. The second kappa shape index (κ2) is 7.99. The summed E-state index contributed by atoms with van der Waals surface area (Å²) < 4.78 is 0. The summed E-state index contributed by atoms with van der Waals surface area (Å²) in [5.41, 5.74) is 1.27. The van der Waals surface area contributed by atoms with Crippen molar-refractivity contribution in [1.82, 2.24) is 10.3 Å². The molecule has 1 fully saturated rings. The number of hydrogen-bond donors (Lipinski definition) is 1. The molecule has 112 valence electrons. The van der Waals surface area contributed by atoms with Gasteiger partial charge in [0.2, 0.25) is 0 Å². The smallest absolute Gasteiger partial charge is 0.0621 e. The maximum Gasteiger partial charge on any atom is 0.0621 e. The van der Waals surface area contributed by atoms with E-state index in [4.69, 9.17) is 11.6 Å². The minimum Gasteiger partial charge on any atom is -0.316 e. The lowest BCUT2D eigenvalue weighted by Gasteiger charge is -2.35. The lowest BCUT2D eigenvalue weighted by atomic mass is 9.72. The molecule has 20 heavy (non-hydrogen) atoms. The number of rotatable bonds is 6. The average molecular weight is 295 g/mol. The molecular weight excluding hydrogens is 268 g/mol. The molecule has 3 heteroatoms. The van der Waals surface area contributed by atoms with Gasteiger partial charge in [-0.2, -0.15) is 0 Å². The predicted molar refractivity (Wildman–Crippen MR) is 86.1 cm³/mol. The number of nitrogens with zero attached hydrogens (tertiary/aromatic N) is 1. The van der Waals surface area contributed by atoms with Crippen LogP contribution in [-0.2, 0) is 6.42 Å². The Kier molecular flexibility index (Phi) is 6.31. The van der Waals surface area contributed by atoms with Gasteiger partial charge in [0.05, 0.1) is 5.02 Å². The van der Waals surface area contributed by atoms with Crippen LogP contribution in [0, 0.1) is 17.8 Å². The minimum absolute atomic E-state index is 0.753. The fourth-order valence-corrected chi connectivity index (χ4v) is 3.59. The van der Waals surface area contributed by atoms with Crippen LogP contribution in [0.5, 0.6) is 0 Å². The summed E-state index contributed by atoms with van der Waals surface area (Å²) in [5, 5.41) is 4.43. The predicted octanol–water partition coefficient (Wildman–Crippen LogP) is 4.33. The fraction of sp³-hybridized carbons (Fsp3) is 0.706. The summed E-state index contributed by atoms with van der Waals surface area (Å²) in [6.45, 7) is 6.91. The molecule has 1 aromatic heterocycles. The fourth-order valence-electron chi connectivity index (χ4n) is 3.40. The van der Waals surface area contributed by atoms with Crippen LogP contribution in [0.25, 0.3) is 0 Å². The van der Waals surface area contributed by atoms with Gasteiger partial charge in [-0.05, 0) is 68.2 Å². The summed E-state index contributed by atoms with van der Waals surface area (Å²) in [5.74, 6) is 2.40. The van der Waals surface area contributed by atoms with Crippen molar-refractivity contribution in [2.75, 3.05) is 13.1 Å². The van der Waals surface area contributed by atoms with E-state index in [1.54, 1.807) is 6.20 Å². The van der Waals surface area contributed by atoms with E-state index in [1.165, 1.54) is 31.2 Å². The second-order valence-corrected chi connectivity index (χ2v) is 6.72. The van der Waals surface area contributed by atoms with E-state index in [-0.39, 0.29) is 0 Å². The molecular formula is C17H27ClN2. The molecule has 3 unspecified atom stereocenters. The zero-order valence-electron chi connectivity index (χ0n) is 12.7. The third-order valence-corrected chi connectivity index (χ3v) is 4.91. The van der Waals surface area contributed by atoms with E-state index in [0.29, 0.717) is 0 Å². The van der Waals surface area contributed by atoms with Crippen molar-refractivity contribution in [3.05, 3.63) is 29.0 Å². The highest BCUT2D eigenvalue weighted by Gasteiger charge is 2.28. The molecule has 0 saturated heterocycles. The van der Waals surface area contributed by atoms with Gasteiger partial charge in [-0.1, -0.05) is 31.9 Å². The second-order valence-electron chi connectivity index (χ2n) is 6.31. The van der Waals surface area contributed by atoms with E-state index in [1.807, 2.05) is 6.20 Å². The molecule has 1 aliphatic carbocycles. The first-order valence-corrected chi connectivity index (χ1v) is 8.37. The van der Waals surface area contributed by atoms with E-state index in [0.717, 1.165) is 42.3 Å². The molecule has 1 aliphatic rings. The number of hydrogen-bond acceptors (Lipinski definition) is 2. The van der Waals surface area contributed by atoms with Gasteiger partial charge >= 0.3 is 0 Å². The summed E-state index contributed by atoms with van der Waals surface area (Å²) in [7, 11) is 0. The Balaban J connectivity index is 1.98. The minimum atomic E-state index is 0.753. The van der Waals surface area contributed by atoms with Crippen molar-refractivity contribution in [1.29, 1.82) is 0 Å². The van der Waals surface area contributed by atoms with Gasteiger partial charge in [0, 0.05) is 12.4 Å². The largest absolute Gasteiger partial charge is 0.316 e. The van der Waals surface area contributed by atoms with Gasteiger partial charge in [-0.25, -0.2) is 0 Å². The molecule has 0 bridgehead atoms. The van der Waals surface area contributed by atoms with E-state index in [2.05, 4.69) is 30.2 Å². The summed E-state index contributed by atoms with van der Waals surface area (Å²) >= 11 is 6.28. The third-order valence-electron chi connectivity index (χ3n) is 4.57. The Morgan fingerprint density at radius 3 is 2.95 bits per heavy atom. The molecule has 3 atom stereocenters. The molecule has 1 N–H and O–H groups in total. The first-order valence-electron chi connectivity index (χ1n) is 7.99. The molecule has 1 saturated carbocycles. The zero-order chi connectivity index (χ0) is 14.4. The molecule has 0 radical (unpaired) electrons. The highest BCUT2D eigenvalue weighted by molar-refractivity contribution is 6.31. The van der Waals surface area contributed by atoms with Crippen LogP contribution in [0.2, 0.25) is 5.02 Å². The van der Waals surface area contributed by atoms with Crippen LogP contribution in [-0.4, -0.2) is 18.1 Å². The topological polar surface area (TPSA) is 24.9 Å². The Hall–Kier alpha value is -0.600. The van der Waals surface area contributed by atoms with Crippen molar-refractivity contribution in [3.8, 4) is 0 Å². The standard InChI is InChI=1S/C17H27ClN2/c1-3-7-19-11-15-5-4-13(2)9-16(15)10-14-6-8-20-12-17(14)18/h6,8,12-13,15-16,19H,3-5,7,9-11H2,1-2H3. The lowest BCUT2D eigenvalue weighted by molar-refractivity contribution is 0.184. The molecule has 0 aliphatic heterocycles. The Morgan fingerprint density at radius 2 is 2.20 bits per heavy atom. The zero-order valence-corrected chi connectivity index (χ0v) is 13.5. The first kappa shape index (κ1) is 15.8. The summed E-state index contributed by atoms with van der Waals surface area (Å²) in [4.78, 5) is 4.09. The Bertz CT molecular complexity index is 408. The number of nitrogens with one attached hydrogen (secondary N) is 1. The summed E-state index contributed by atoms with van der Waals surface area (Å²) in [6, 6.07) is 2.08. The molecule has 0 spiro atoms. The third kappa shape index (κ3) is 4.46. The van der Waals surface area contributed by atoms with Crippen LogP contribution in [0.1, 0.15) is 45.1 Å². The monoisotopic (exact) mass is 294 g/mol. The van der Waals surface area contributed by atoms with E-state index in [9.17, 15) is 0 Å². The van der Waals surface area contributed by atoms with E-state index < -0.39 is 0 Å². The van der Waals surface area contributed by atoms with Crippen LogP contribution in [0.3, 0.4) is 0 Å². The molecule has 2 nitrogen and oxygen atoms in total. The van der Waals surface area contributed by atoms with Gasteiger partial charge < -0.3 is 5.32 Å². The molecule has 0 amide bonds. The SMILES string of the molecule is CCCNCC1CCC(C)CC1Cc1ccncc1Cl. The first-order chi connectivity index (χ1) is 9.70. The highest BCUT2D eigenvalue weighted by atomic mass is 35.5. The molecule has 1 heterocycles. The Labute approximate surface area is 128 Å². The number of halogens is 1. The van der Waals surface area contributed by atoms with Crippen molar-refractivity contribution in [2.45, 2.75) is 46.0 Å². The van der Waals surface area contributed by atoms with Crippen molar-refractivity contribution in [2.24, 2.45) is 17.8 Å². The average Bonchev–Trinajstić information content (AvgIpc) is 2.44. The van der Waals surface area contributed by atoms with E-state index >= 15 is 0 Å². The van der Waals surface area contributed by atoms with Gasteiger partial charge in [0.15, 0.2) is 0 Å². The van der Waals surface area contributed by atoms with Crippen molar-refractivity contribution < 1.29 is 0 Å². The van der Waals surface area contributed by atoms with Crippen LogP contribution >= 0.6 is 11.6 Å². The maximum absolute atomic E-state index is 6.28. The normalized spacial score (nSPS) is 26.6. The molecule has 1 aromatic rings. The Morgan fingerprint density at radius 1 is 1.35 bits per heavy atom. The molecule has 0 aromatic carbocycles. The van der Waals surface area contributed by atoms with Gasteiger partial charge in [-0.3, -0.25) is 4.98 Å². The quantitative estimate of drug-likeness (QED) is 0.790. The van der Waals surface area contributed by atoms with Gasteiger partial charge in [0.25, 0.3) is 0 Å². The highest BCUT2D eigenvalue weighted by Crippen LogP contribution is 2.36. The number of aromatic nitrogens is 1. The number of pyridine rings is 1. The van der Waals surface area contributed by atoms with Gasteiger partial charge in [0.1, 0.15) is 0 Å². The molecule has 2 rings (SSSR count). The van der Waals surface area contributed by atoms with Gasteiger partial charge in [-0.15, -0.1) is 0 Å². The van der Waals surface area contributed by atoms with Crippen LogP contribution in [0.4, 0.5) is 0 Å². The summed E-state index contributed by atoms with van der Waals surface area (Å²) in [6.07, 6.45) is 10.0. The van der Waals surface area contributed by atoms with Crippen LogP contribution in [0.15, 0.2) is 18.5 Å². The van der Waals surface area contributed by atoms with Crippen molar-refractivity contribution >= 4 is 11.6 Å². The van der Waals surface area contributed by atoms with Crippen LogP contribution < -0.4 is 5.32 Å². The van der Waals surface area contributed by atoms with Crippen molar-refractivity contribution in [3.63, 3.8) is 0 Å². The lowest BCUT2D eigenvalue weighted by Crippen LogP contribution is -2.34.